The molecule has 0 saturated heterocycles. The summed E-state index contributed by atoms with van der Waals surface area (Å²) in [4.78, 5) is 0. The number of benzene rings is 1. The van der Waals surface area contributed by atoms with E-state index in [9.17, 15) is 0 Å². The van der Waals surface area contributed by atoms with Crippen LogP contribution in [0, 0.1) is 6.92 Å². The zero-order valence-corrected chi connectivity index (χ0v) is 13.3. The fourth-order valence-electron chi connectivity index (χ4n) is 1.93. The van der Waals surface area contributed by atoms with Crippen LogP contribution in [-0.2, 0) is 13.1 Å². The molecule has 2 rings (SSSR count). The Hall–Kier alpha value is -2.08. The summed E-state index contributed by atoms with van der Waals surface area (Å²) in [6.07, 6.45) is 1.96. The molecular formula is C15H20N4OS. The van der Waals surface area contributed by atoms with E-state index >= 15 is 0 Å². The first-order valence-corrected chi connectivity index (χ1v) is 7.25. The molecule has 0 aliphatic carbocycles. The van der Waals surface area contributed by atoms with Crippen molar-refractivity contribution < 1.29 is 4.74 Å². The van der Waals surface area contributed by atoms with E-state index in [1.54, 1.807) is 7.11 Å². The molecule has 0 amide bonds. The number of anilines is 1. The van der Waals surface area contributed by atoms with E-state index < -0.39 is 0 Å². The molecule has 0 aliphatic heterocycles. The van der Waals surface area contributed by atoms with Crippen LogP contribution in [-0.4, -0.2) is 22.0 Å². The molecular weight excluding hydrogens is 284 g/mol. The predicted octanol–water partition coefficient (Wildman–Crippen LogP) is 2.71. The molecule has 112 valence electrons. The van der Waals surface area contributed by atoms with Gasteiger partial charge in [-0.1, -0.05) is 6.07 Å². The number of hydrogen-bond donors (Lipinski definition) is 2. The third-order valence-corrected chi connectivity index (χ3v) is 3.30. The highest BCUT2D eigenvalue weighted by Crippen LogP contribution is 2.24. The van der Waals surface area contributed by atoms with Gasteiger partial charge in [0, 0.05) is 12.7 Å². The van der Waals surface area contributed by atoms with E-state index in [2.05, 4.69) is 22.7 Å². The molecule has 5 nitrogen and oxygen atoms in total. The van der Waals surface area contributed by atoms with E-state index in [1.165, 1.54) is 0 Å². The number of rotatable bonds is 5. The Morgan fingerprint density at radius 3 is 2.86 bits per heavy atom. The van der Waals surface area contributed by atoms with E-state index in [4.69, 9.17) is 17.0 Å². The maximum Gasteiger partial charge on any atom is 0.171 e. The normalized spacial score (nSPS) is 10.2. The van der Waals surface area contributed by atoms with Crippen LogP contribution in [0.15, 0.2) is 30.5 Å². The number of hydrogen-bond acceptors (Lipinski definition) is 3. The molecule has 0 unspecified atom stereocenters. The highest BCUT2D eigenvalue weighted by Gasteiger charge is 2.06. The standard InChI is InChI=1S/C15H20N4OS/c1-4-19-8-7-12(18-19)10-16-15(21)17-13-9-11(2)5-6-14(13)20-3/h5-9H,4,10H2,1-3H3,(H2,16,17,21). The van der Waals surface area contributed by atoms with E-state index in [0.717, 1.165) is 29.2 Å². The number of nitrogens with zero attached hydrogens (tertiary/aromatic N) is 2. The topological polar surface area (TPSA) is 51.1 Å². The van der Waals surface area contributed by atoms with Gasteiger partial charge in [0.05, 0.1) is 25.0 Å². The van der Waals surface area contributed by atoms with Crippen molar-refractivity contribution in [2.75, 3.05) is 12.4 Å². The molecule has 1 aromatic heterocycles. The second-order valence-corrected chi connectivity index (χ2v) is 5.08. The fraction of sp³-hybridized carbons (Fsp3) is 0.333. The number of nitrogens with one attached hydrogen (secondary N) is 2. The Morgan fingerprint density at radius 2 is 2.19 bits per heavy atom. The van der Waals surface area contributed by atoms with Crippen LogP contribution >= 0.6 is 12.2 Å². The Morgan fingerprint density at radius 1 is 1.38 bits per heavy atom. The minimum atomic E-state index is 0.546. The summed E-state index contributed by atoms with van der Waals surface area (Å²) in [7, 11) is 1.64. The van der Waals surface area contributed by atoms with Crippen molar-refractivity contribution in [3.05, 3.63) is 41.7 Å². The van der Waals surface area contributed by atoms with E-state index in [-0.39, 0.29) is 0 Å². The van der Waals surface area contributed by atoms with Crippen molar-refractivity contribution in [1.29, 1.82) is 0 Å². The average molecular weight is 304 g/mol. The zero-order valence-electron chi connectivity index (χ0n) is 12.5. The quantitative estimate of drug-likeness (QED) is 0.832. The Bertz CT molecular complexity index is 624. The molecule has 2 aromatic rings. The molecule has 21 heavy (non-hydrogen) atoms. The van der Waals surface area contributed by atoms with Crippen LogP contribution in [0.3, 0.4) is 0 Å². The fourth-order valence-corrected chi connectivity index (χ4v) is 2.11. The van der Waals surface area contributed by atoms with E-state index in [1.807, 2.05) is 42.1 Å². The summed E-state index contributed by atoms with van der Waals surface area (Å²) in [6.45, 7) is 5.54. The van der Waals surface area contributed by atoms with Crippen molar-refractivity contribution in [1.82, 2.24) is 15.1 Å². The first-order chi connectivity index (χ1) is 10.1. The predicted molar refractivity (Wildman–Crippen MR) is 88.7 cm³/mol. The van der Waals surface area contributed by atoms with Crippen molar-refractivity contribution in [3.8, 4) is 5.75 Å². The molecule has 1 aromatic carbocycles. The second-order valence-electron chi connectivity index (χ2n) is 4.67. The van der Waals surface area contributed by atoms with Crippen molar-refractivity contribution in [3.63, 3.8) is 0 Å². The lowest BCUT2D eigenvalue weighted by molar-refractivity contribution is 0.417. The Kier molecular flexibility index (Phi) is 5.16. The maximum absolute atomic E-state index is 5.32. The van der Waals surface area contributed by atoms with Gasteiger partial charge in [-0.15, -0.1) is 0 Å². The summed E-state index contributed by atoms with van der Waals surface area (Å²) in [5, 5.41) is 11.2. The largest absolute Gasteiger partial charge is 0.495 e. The molecule has 1 heterocycles. The van der Waals surface area contributed by atoms with Crippen LogP contribution in [0.4, 0.5) is 5.69 Å². The van der Waals surface area contributed by atoms with Crippen LogP contribution in [0.25, 0.3) is 0 Å². The van der Waals surface area contributed by atoms with Crippen molar-refractivity contribution in [2.24, 2.45) is 0 Å². The molecule has 2 N–H and O–H groups in total. The highest BCUT2D eigenvalue weighted by molar-refractivity contribution is 7.80. The van der Waals surface area contributed by atoms with Gasteiger partial charge in [-0.25, -0.2) is 0 Å². The van der Waals surface area contributed by atoms with Gasteiger partial charge in [-0.3, -0.25) is 4.68 Å². The molecule has 0 fully saturated rings. The van der Waals surface area contributed by atoms with Gasteiger partial charge in [0.1, 0.15) is 5.75 Å². The van der Waals surface area contributed by atoms with Gasteiger partial charge >= 0.3 is 0 Å². The number of ether oxygens (including phenoxy) is 1. The van der Waals surface area contributed by atoms with Crippen LogP contribution in [0.5, 0.6) is 5.75 Å². The summed E-state index contributed by atoms with van der Waals surface area (Å²) in [5.74, 6) is 0.764. The highest BCUT2D eigenvalue weighted by atomic mass is 32.1. The first kappa shape index (κ1) is 15.3. The molecule has 6 heteroatoms. The van der Waals surface area contributed by atoms with E-state index in [0.29, 0.717) is 11.7 Å². The molecule has 0 radical (unpaired) electrons. The van der Waals surface area contributed by atoms with Crippen LogP contribution < -0.4 is 15.4 Å². The average Bonchev–Trinajstić information content (AvgIpc) is 2.93. The van der Waals surface area contributed by atoms with Gasteiger partial charge in [0.2, 0.25) is 0 Å². The number of thiocarbonyl (C=S) groups is 1. The van der Waals surface area contributed by atoms with Gasteiger partial charge in [0.15, 0.2) is 5.11 Å². The zero-order chi connectivity index (χ0) is 15.2. The Labute approximate surface area is 130 Å². The third kappa shape index (κ3) is 4.19. The van der Waals surface area contributed by atoms with Gasteiger partial charge < -0.3 is 15.4 Å². The number of aromatic nitrogens is 2. The van der Waals surface area contributed by atoms with Crippen LogP contribution in [0.1, 0.15) is 18.2 Å². The summed E-state index contributed by atoms with van der Waals surface area (Å²) in [5.41, 5.74) is 2.95. The third-order valence-electron chi connectivity index (χ3n) is 3.05. The summed E-state index contributed by atoms with van der Waals surface area (Å²) >= 11 is 5.31. The molecule has 0 aliphatic rings. The maximum atomic E-state index is 5.32. The summed E-state index contributed by atoms with van der Waals surface area (Å²) in [6, 6.07) is 7.89. The molecule has 0 saturated carbocycles. The first-order valence-electron chi connectivity index (χ1n) is 6.84. The minimum Gasteiger partial charge on any atom is -0.495 e. The second kappa shape index (κ2) is 7.08. The lowest BCUT2D eigenvalue weighted by atomic mass is 10.2. The minimum absolute atomic E-state index is 0.546. The van der Waals surface area contributed by atoms with Gasteiger partial charge in [0.25, 0.3) is 0 Å². The SMILES string of the molecule is CCn1ccc(CNC(=S)Nc2cc(C)ccc2OC)n1. The number of methoxy groups -OCH3 is 1. The summed E-state index contributed by atoms with van der Waals surface area (Å²) < 4.78 is 7.20. The lowest BCUT2D eigenvalue weighted by Gasteiger charge is -2.13. The van der Waals surface area contributed by atoms with Gasteiger partial charge in [-0.2, -0.15) is 5.10 Å². The molecule has 0 spiro atoms. The monoisotopic (exact) mass is 304 g/mol. The smallest absolute Gasteiger partial charge is 0.171 e. The number of aryl methyl sites for hydroxylation is 2. The molecule has 0 bridgehead atoms. The van der Waals surface area contributed by atoms with Crippen molar-refractivity contribution in [2.45, 2.75) is 26.9 Å². The Balaban J connectivity index is 1.94. The van der Waals surface area contributed by atoms with Crippen molar-refractivity contribution >= 4 is 23.0 Å². The lowest BCUT2D eigenvalue weighted by Crippen LogP contribution is -2.28. The molecule has 0 atom stereocenters. The van der Waals surface area contributed by atoms with Gasteiger partial charge in [-0.05, 0) is 49.8 Å². The van der Waals surface area contributed by atoms with Crippen LogP contribution in [0.2, 0.25) is 0 Å².